The van der Waals surface area contributed by atoms with E-state index in [1.54, 1.807) is 23.1 Å². The number of amidine groups is 1. The van der Waals surface area contributed by atoms with E-state index in [1.165, 1.54) is 6.07 Å². The predicted octanol–water partition coefficient (Wildman–Crippen LogP) is 5.48. The molecule has 8 heteroatoms. The minimum absolute atomic E-state index is 0.0315. The molecular formula is C26H24FN5O2. The molecule has 0 saturated carbocycles. The Morgan fingerprint density at radius 2 is 1.91 bits per heavy atom. The number of nitrogens with zero attached hydrogens (tertiary/aromatic N) is 2. The normalized spacial score (nSPS) is 16.7. The van der Waals surface area contributed by atoms with Gasteiger partial charge in [-0.25, -0.2) is 14.0 Å². The minimum Gasteiger partial charge on any atom is -0.308 e. The highest BCUT2D eigenvalue weighted by Crippen LogP contribution is 2.32. The van der Waals surface area contributed by atoms with Crippen molar-refractivity contribution in [3.8, 4) is 0 Å². The summed E-state index contributed by atoms with van der Waals surface area (Å²) in [6, 6.07) is 17.1. The molecule has 5 rings (SSSR count). The number of para-hydroxylation sites is 1. The van der Waals surface area contributed by atoms with E-state index in [0.717, 1.165) is 27.9 Å². The van der Waals surface area contributed by atoms with Gasteiger partial charge in [0, 0.05) is 30.3 Å². The Bertz CT molecular complexity index is 1340. The highest BCUT2D eigenvalue weighted by molar-refractivity contribution is 6.18. The van der Waals surface area contributed by atoms with Crippen LogP contribution < -0.4 is 16.0 Å². The fraction of sp³-hybridized carbons (Fsp3) is 0.192. The molecule has 7 nitrogen and oxygen atoms in total. The molecule has 3 N–H and O–H groups in total. The van der Waals surface area contributed by atoms with Gasteiger partial charge >= 0.3 is 12.1 Å². The second-order valence-electron chi connectivity index (χ2n) is 8.58. The van der Waals surface area contributed by atoms with Crippen molar-refractivity contribution in [1.29, 1.82) is 0 Å². The number of halogens is 1. The van der Waals surface area contributed by atoms with Gasteiger partial charge in [0.1, 0.15) is 11.7 Å². The smallest absolute Gasteiger partial charge is 0.308 e. The fourth-order valence-corrected chi connectivity index (χ4v) is 4.45. The summed E-state index contributed by atoms with van der Waals surface area (Å²) >= 11 is 0. The van der Waals surface area contributed by atoms with Crippen LogP contribution in [0.3, 0.4) is 0 Å². The van der Waals surface area contributed by atoms with Gasteiger partial charge in [0.15, 0.2) is 0 Å². The summed E-state index contributed by atoms with van der Waals surface area (Å²) in [5, 5.41) is 8.23. The van der Waals surface area contributed by atoms with Crippen LogP contribution in [0.4, 0.5) is 31.0 Å². The molecule has 2 aliphatic heterocycles. The van der Waals surface area contributed by atoms with E-state index >= 15 is 0 Å². The average Bonchev–Trinajstić information content (AvgIpc) is 2.81. The summed E-state index contributed by atoms with van der Waals surface area (Å²) in [4.78, 5) is 31.5. The van der Waals surface area contributed by atoms with E-state index in [9.17, 15) is 14.0 Å². The van der Waals surface area contributed by atoms with Gasteiger partial charge in [0.2, 0.25) is 0 Å². The molecule has 0 radical (unpaired) electrons. The Morgan fingerprint density at radius 3 is 2.74 bits per heavy atom. The molecule has 2 aliphatic rings. The van der Waals surface area contributed by atoms with Crippen molar-refractivity contribution in [2.75, 3.05) is 29.0 Å². The van der Waals surface area contributed by atoms with Crippen LogP contribution in [0.25, 0.3) is 0 Å². The van der Waals surface area contributed by atoms with Crippen molar-refractivity contribution in [2.45, 2.75) is 19.8 Å². The van der Waals surface area contributed by atoms with Crippen molar-refractivity contribution in [3.05, 3.63) is 88.7 Å². The van der Waals surface area contributed by atoms with Gasteiger partial charge in [-0.3, -0.25) is 9.89 Å². The van der Waals surface area contributed by atoms with Gasteiger partial charge in [-0.2, -0.15) is 0 Å². The van der Waals surface area contributed by atoms with E-state index in [2.05, 4.69) is 16.0 Å². The van der Waals surface area contributed by atoms with Crippen LogP contribution in [0.5, 0.6) is 0 Å². The summed E-state index contributed by atoms with van der Waals surface area (Å²) in [5.74, 6) is 0.240. The van der Waals surface area contributed by atoms with Crippen LogP contribution in [0, 0.1) is 19.7 Å². The van der Waals surface area contributed by atoms with E-state index in [0.29, 0.717) is 24.6 Å². The molecule has 1 atom stereocenters. The number of rotatable bonds is 3. The van der Waals surface area contributed by atoms with Gasteiger partial charge in [-0.1, -0.05) is 24.3 Å². The second kappa shape index (κ2) is 8.62. The Balaban J connectivity index is 1.31. The summed E-state index contributed by atoms with van der Waals surface area (Å²) in [5.41, 5.74) is 5.30. The Morgan fingerprint density at radius 1 is 1.09 bits per heavy atom. The first-order valence-corrected chi connectivity index (χ1v) is 11.1. The number of fused-ring (bicyclic) bond motifs is 3. The topological polar surface area (TPSA) is 85.8 Å². The van der Waals surface area contributed by atoms with E-state index in [4.69, 9.17) is 4.99 Å². The van der Waals surface area contributed by atoms with Gasteiger partial charge in [0.25, 0.3) is 0 Å². The largest absolute Gasteiger partial charge is 0.327 e. The molecule has 172 valence electrons. The van der Waals surface area contributed by atoms with Gasteiger partial charge in [0.05, 0.1) is 11.4 Å². The Kier molecular flexibility index (Phi) is 5.49. The average molecular weight is 458 g/mol. The minimum atomic E-state index is -0.521. The van der Waals surface area contributed by atoms with Crippen molar-refractivity contribution in [1.82, 2.24) is 4.90 Å². The third kappa shape index (κ3) is 4.10. The zero-order chi connectivity index (χ0) is 23.8. The number of carbonyl (C=O) groups excluding carboxylic acids is 2. The summed E-state index contributed by atoms with van der Waals surface area (Å²) in [6.07, 6.45) is 0. The SMILES string of the molecule is Cc1ccc(F)c(NC(=O)Nc2ccc(C3CN=C4c5ccccc5NC(=O)N4C3)c(C)c2)c1. The number of carbonyl (C=O) groups is 2. The van der Waals surface area contributed by atoms with Crippen LogP contribution in [0.2, 0.25) is 0 Å². The van der Waals surface area contributed by atoms with E-state index in [1.807, 2.05) is 50.2 Å². The van der Waals surface area contributed by atoms with Crippen molar-refractivity contribution in [3.63, 3.8) is 0 Å². The zero-order valence-electron chi connectivity index (χ0n) is 18.9. The monoisotopic (exact) mass is 457 g/mol. The maximum atomic E-state index is 13.9. The zero-order valence-corrected chi connectivity index (χ0v) is 18.9. The highest BCUT2D eigenvalue weighted by atomic mass is 19.1. The highest BCUT2D eigenvalue weighted by Gasteiger charge is 2.34. The molecule has 0 saturated heterocycles. The molecule has 0 fully saturated rings. The van der Waals surface area contributed by atoms with E-state index < -0.39 is 11.8 Å². The lowest BCUT2D eigenvalue weighted by Crippen LogP contribution is -2.49. The summed E-state index contributed by atoms with van der Waals surface area (Å²) in [6.45, 7) is 4.87. The maximum absolute atomic E-state index is 13.9. The van der Waals surface area contributed by atoms with Gasteiger partial charge < -0.3 is 16.0 Å². The van der Waals surface area contributed by atoms with Crippen LogP contribution >= 0.6 is 0 Å². The molecular weight excluding hydrogens is 433 g/mol. The molecule has 0 bridgehead atoms. The van der Waals surface area contributed by atoms with Gasteiger partial charge in [-0.05, 0) is 66.9 Å². The molecule has 34 heavy (non-hydrogen) atoms. The number of anilines is 3. The molecule has 0 spiro atoms. The Hall–Kier alpha value is -4.20. The number of nitrogens with one attached hydrogen (secondary N) is 3. The van der Waals surface area contributed by atoms with Gasteiger partial charge in [-0.15, -0.1) is 0 Å². The number of urea groups is 2. The molecule has 2 heterocycles. The van der Waals surface area contributed by atoms with Crippen LogP contribution in [-0.2, 0) is 0 Å². The number of hydrogen-bond donors (Lipinski definition) is 3. The van der Waals surface area contributed by atoms with Crippen molar-refractivity contribution >= 4 is 35.0 Å². The number of aliphatic imine (C=N–C) groups is 1. The fourth-order valence-electron chi connectivity index (χ4n) is 4.45. The molecule has 4 amide bonds. The lowest BCUT2D eigenvalue weighted by Gasteiger charge is -2.36. The first-order valence-electron chi connectivity index (χ1n) is 11.1. The van der Waals surface area contributed by atoms with Crippen LogP contribution in [0.15, 0.2) is 65.7 Å². The van der Waals surface area contributed by atoms with Crippen molar-refractivity contribution < 1.29 is 14.0 Å². The maximum Gasteiger partial charge on any atom is 0.327 e. The Labute approximate surface area is 196 Å². The third-order valence-corrected chi connectivity index (χ3v) is 6.11. The predicted molar refractivity (Wildman–Crippen MR) is 131 cm³/mol. The lowest BCUT2D eigenvalue weighted by atomic mass is 9.92. The molecule has 0 aromatic heterocycles. The number of aryl methyl sites for hydroxylation is 2. The first-order chi connectivity index (χ1) is 16.4. The van der Waals surface area contributed by atoms with E-state index in [-0.39, 0.29) is 17.6 Å². The molecule has 0 aliphatic carbocycles. The molecule has 3 aromatic carbocycles. The molecule has 1 unspecified atom stereocenters. The number of benzene rings is 3. The molecule has 3 aromatic rings. The number of hydrogen-bond acceptors (Lipinski definition) is 3. The van der Waals surface area contributed by atoms with Crippen LogP contribution in [0.1, 0.15) is 28.2 Å². The van der Waals surface area contributed by atoms with Crippen LogP contribution in [-0.4, -0.2) is 35.9 Å². The standard InChI is InChI=1S/C26H24FN5O2/c1-15-7-10-21(27)23(11-15)30-25(33)29-18-8-9-19(16(2)12-18)17-13-28-24-20-5-3-4-6-22(20)31-26(34)32(24)14-17/h3-12,17H,13-14H2,1-2H3,(H,31,34)(H2,29,30,33). The number of amides is 4. The third-order valence-electron chi connectivity index (χ3n) is 6.11. The second-order valence-corrected chi connectivity index (χ2v) is 8.58. The quantitative estimate of drug-likeness (QED) is 0.487. The first kappa shape index (κ1) is 21.6. The van der Waals surface area contributed by atoms with Crippen molar-refractivity contribution in [2.24, 2.45) is 4.99 Å². The summed E-state index contributed by atoms with van der Waals surface area (Å²) in [7, 11) is 0. The lowest BCUT2D eigenvalue weighted by molar-refractivity contribution is 0.229. The summed E-state index contributed by atoms with van der Waals surface area (Å²) < 4.78 is 13.9.